The highest BCUT2D eigenvalue weighted by Crippen LogP contribution is 2.22. The van der Waals surface area contributed by atoms with Gasteiger partial charge >= 0.3 is 0 Å². The Kier molecular flexibility index (Phi) is 6.20. The number of sulfonamides is 1. The van der Waals surface area contributed by atoms with Crippen LogP contribution in [0.15, 0.2) is 33.7 Å². The van der Waals surface area contributed by atoms with E-state index in [9.17, 15) is 13.2 Å². The fourth-order valence-electron chi connectivity index (χ4n) is 2.57. The molecule has 1 aromatic carbocycles. The first-order valence-electron chi connectivity index (χ1n) is 8.42. The third kappa shape index (κ3) is 4.31. The third-order valence-electron chi connectivity index (χ3n) is 4.19. The highest BCUT2D eigenvalue weighted by molar-refractivity contribution is 7.89. The van der Waals surface area contributed by atoms with Gasteiger partial charge in [-0.1, -0.05) is 31.1 Å². The summed E-state index contributed by atoms with van der Waals surface area (Å²) in [5, 5.41) is 6.42. The molecule has 26 heavy (non-hydrogen) atoms. The van der Waals surface area contributed by atoms with Crippen molar-refractivity contribution in [3.05, 3.63) is 46.8 Å². The number of amides is 1. The van der Waals surface area contributed by atoms with Crippen molar-refractivity contribution in [2.75, 3.05) is 20.1 Å². The Balaban J connectivity index is 1.95. The summed E-state index contributed by atoms with van der Waals surface area (Å²) in [6.07, 6.45) is 0. The molecule has 1 heterocycles. The molecule has 0 saturated heterocycles. The number of hydrogen-bond acceptors (Lipinski definition) is 5. The molecule has 0 atom stereocenters. The molecule has 2 rings (SSSR count). The van der Waals surface area contributed by atoms with Gasteiger partial charge in [0.25, 0.3) is 5.91 Å². The molecule has 2 aromatic rings. The summed E-state index contributed by atoms with van der Waals surface area (Å²) in [4.78, 5) is 12.3. The van der Waals surface area contributed by atoms with Crippen LogP contribution in [0, 0.1) is 13.8 Å². The van der Waals surface area contributed by atoms with E-state index in [0.29, 0.717) is 17.2 Å². The Morgan fingerprint density at radius 3 is 2.35 bits per heavy atom. The Bertz CT molecular complexity index is 851. The lowest BCUT2D eigenvalue weighted by Gasteiger charge is -2.17. The lowest BCUT2D eigenvalue weighted by atomic mass is 10.0. The highest BCUT2D eigenvalue weighted by Gasteiger charge is 2.28. The van der Waals surface area contributed by atoms with Gasteiger partial charge in [0.2, 0.25) is 10.0 Å². The normalized spacial score (nSPS) is 12.0. The van der Waals surface area contributed by atoms with E-state index in [1.165, 1.54) is 11.4 Å². The van der Waals surface area contributed by atoms with Crippen LogP contribution in [0.25, 0.3) is 0 Å². The van der Waals surface area contributed by atoms with E-state index in [2.05, 4.69) is 24.3 Å². The molecular formula is C18H25N3O4S. The Hall–Kier alpha value is -2.19. The van der Waals surface area contributed by atoms with Crippen LogP contribution in [-0.2, 0) is 10.0 Å². The van der Waals surface area contributed by atoms with Crippen molar-refractivity contribution < 1.29 is 17.7 Å². The standard InChI is InChI=1S/C18H25N3O4S/c1-12(2)15-6-8-16(9-7-15)18(22)19-10-11-21(5)26(23,24)17-13(3)20-25-14(17)4/h6-9,12H,10-11H2,1-5H3,(H,19,22). The minimum absolute atomic E-state index is 0.0793. The van der Waals surface area contributed by atoms with Crippen molar-refractivity contribution in [1.82, 2.24) is 14.8 Å². The Labute approximate surface area is 154 Å². The molecule has 0 aliphatic carbocycles. The second-order valence-corrected chi connectivity index (χ2v) is 8.49. The molecule has 8 heteroatoms. The first-order chi connectivity index (χ1) is 12.1. The van der Waals surface area contributed by atoms with Gasteiger partial charge < -0.3 is 9.84 Å². The zero-order chi connectivity index (χ0) is 19.5. The van der Waals surface area contributed by atoms with Crippen LogP contribution in [0.5, 0.6) is 0 Å². The monoisotopic (exact) mass is 379 g/mol. The molecule has 0 radical (unpaired) electrons. The van der Waals surface area contributed by atoms with E-state index in [0.717, 1.165) is 5.56 Å². The maximum atomic E-state index is 12.6. The summed E-state index contributed by atoms with van der Waals surface area (Å²) in [6, 6.07) is 7.39. The lowest BCUT2D eigenvalue weighted by molar-refractivity contribution is 0.0952. The molecule has 0 fully saturated rings. The zero-order valence-electron chi connectivity index (χ0n) is 15.7. The van der Waals surface area contributed by atoms with Crippen molar-refractivity contribution in [1.29, 1.82) is 0 Å². The van der Waals surface area contributed by atoms with Crippen molar-refractivity contribution in [2.45, 2.75) is 38.5 Å². The number of nitrogens with one attached hydrogen (secondary N) is 1. The van der Waals surface area contributed by atoms with Crippen molar-refractivity contribution in [3.8, 4) is 0 Å². The minimum atomic E-state index is -3.71. The number of rotatable bonds is 7. The van der Waals surface area contributed by atoms with Crippen LogP contribution in [0.3, 0.4) is 0 Å². The SMILES string of the molecule is Cc1noc(C)c1S(=O)(=O)N(C)CCNC(=O)c1ccc(C(C)C)cc1. The fourth-order valence-corrected chi connectivity index (χ4v) is 4.02. The molecule has 0 saturated carbocycles. The second-order valence-electron chi connectivity index (χ2n) is 6.51. The van der Waals surface area contributed by atoms with Crippen molar-refractivity contribution in [3.63, 3.8) is 0 Å². The van der Waals surface area contributed by atoms with Gasteiger partial charge in [-0.15, -0.1) is 0 Å². The first-order valence-corrected chi connectivity index (χ1v) is 9.86. The van der Waals surface area contributed by atoms with E-state index in [1.807, 2.05) is 12.1 Å². The van der Waals surface area contributed by atoms with Gasteiger partial charge in [-0.25, -0.2) is 8.42 Å². The maximum absolute atomic E-state index is 12.6. The van der Waals surface area contributed by atoms with Gasteiger partial charge in [0, 0.05) is 25.7 Å². The molecule has 0 bridgehead atoms. The average Bonchev–Trinajstić information content (AvgIpc) is 2.93. The Morgan fingerprint density at radius 2 is 1.85 bits per heavy atom. The van der Waals surface area contributed by atoms with Gasteiger partial charge in [0.1, 0.15) is 10.6 Å². The van der Waals surface area contributed by atoms with Crippen molar-refractivity contribution in [2.24, 2.45) is 0 Å². The topological polar surface area (TPSA) is 92.5 Å². The summed E-state index contributed by atoms with van der Waals surface area (Å²) in [6.45, 7) is 7.66. The Morgan fingerprint density at radius 1 is 1.23 bits per heavy atom. The summed E-state index contributed by atoms with van der Waals surface area (Å²) < 4.78 is 31.3. The zero-order valence-corrected chi connectivity index (χ0v) is 16.6. The number of carbonyl (C=O) groups excluding carboxylic acids is 1. The number of likely N-dealkylation sites (N-methyl/N-ethyl adjacent to an activating group) is 1. The molecule has 142 valence electrons. The third-order valence-corrected chi connectivity index (χ3v) is 6.29. The van der Waals surface area contributed by atoms with E-state index >= 15 is 0 Å². The van der Waals surface area contributed by atoms with E-state index in [-0.39, 0.29) is 29.7 Å². The number of benzene rings is 1. The molecule has 1 N–H and O–H groups in total. The lowest BCUT2D eigenvalue weighted by Crippen LogP contribution is -2.36. The van der Waals surface area contributed by atoms with Gasteiger partial charge in [-0.3, -0.25) is 4.79 Å². The summed E-state index contributed by atoms with van der Waals surface area (Å²) >= 11 is 0. The second kappa shape index (κ2) is 8.01. The number of aromatic nitrogens is 1. The summed E-state index contributed by atoms with van der Waals surface area (Å²) in [7, 11) is -2.25. The largest absolute Gasteiger partial charge is 0.360 e. The predicted molar refractivity (Wildman–Crippen MR) is 98.7 cm³/mol. The maximum Gasteiger partial charge on any atom is 0.251 e. The summed E-state index contributed by atoms with van der Waals surface area (Å²) in [5.74, 6) is 0.419. The molecule has 0 spiro atoms. The minimum Gasteiger partial charge on any atom is -0.360 e. The van der Waals surface area contributed by atoms with Crippen molar-refractivity contribution >= 4 is 15.9 Å². The van der Waals surface area contributed by atoms with Crippen LogP contribution in [0.4, 0.5) is 0 Å². The van der Waals surface area contributed by atoms with Gasteiger partial charge in [0.15, 0.2) is 5.76 Å². The van der Waals surface area contributed by atoms with Crippen LogP contribution in [0.1, 0.15) is 47.1 Å². The predicted octanol–water partition coefficient (Wildman–Crippen LogP) is 2.47. The molecule has 0 aliphatic rings. The van der Waals surface area contributed by atoms with Gasteiger partial charge in [-0.05, 0) is 37.5 Å². The number of hydrogen-bond donors (Lipinski definition) is 1. The number of aryl methyl sites for hydroxylation is 2. The summed E-state index contributed by atoms with van der Waals surface area (Å²) in [5.41, 5.74) is 2.03. The molecule has 1 aromatic heterocycles. The molecule has 7 nitrogen and oxygen atoms in total. The quantitative estimate of drug-likeness (QED) is 0.798. The smallest absolute Gasteiger partial charge is 0.251 e. The molecule has 0 unspecified atom stereocenters. The van der Waals surface area contributed by atoms with Gasteiger partial charge in [0.05, 0.1) is 0 Å². The van der Waals surface area contributed by atoms with E-state index in [4.69, 9.17) is 4.52 Å². The van der Waals surface area contributed by atoms with Crippen LogP contribution >= 0.6 is 0 Å². The average molecular weight is 379 g/mol. The van der Waals surface area contributed by atoms with E-state index in [1.54, 1.807) is 26.0 Å². The van der Waals surface area contributed by atoms with Gasteiger partial charge in [-0.2, -0.15) is 4.31 Å². The number of carbonyl (C=O) groups is 1. The first kappa shape index (κ1) is 20.1. The fraction of sp³-hybridized carbons (Fsp3) is 0.444. The molecule has 0 aliphatic heterocycles. The van der Waals surface area contributed by atoms with Crippen LogP contribution in [-0.4, -0.2) is 43.9 Å². The highest BCUT2D eigenvalue weighted by atomic mass is 32.2. The molecular weight excluding hydrogens is 354 g/mol. The van der Waals surface area contributed by atoms with Crippen LogP contribution < -0.4 is 5.32 Å². The van der Waals surface area contributed by atoms with Crippen LogP contribution in [0.2, 0.25) is 0 Å². The van der Waals surface area contributed by atoms with E-state index < -0.39 is 10.0 Å². The molecule has 1 amide bonds. The number of nitrogens with zero attached hydrogens (tertiary/aromatic N) is 2.